The molecule has 0 aromatic carbocycles. The van der Waals surface area contributed by atoms with Crippen LogP contribution in [-0.4, -0.2) is 38.7 Å². The summed E-state index contributed by atoms with van der Waals surface area (Å²) in [7, 11) is 1.94. The van der Waals surface area contributed by atoms with Gasteiger partial charge in [0.2, 0.25) is 5.91 Å². The molecule has 1 amide bonds. The maximum Gasteiger partial charge on any atom is 0.224 e. The van der Waals surface area contributed by atoms with Crippen LogP contribution < -0.4 is 0 Å². The zero-order valence-electron chi connectivity index (χ0n) is 11.2. The third-order valence-electron chi connectivity index (χ3n) is 3.98. The zero-order valence-corrected chi connectivity index (χ0v) is 11.2. The van der Waals surface area contributed by atoms with E-state index in [2.05, 4.69) is 17.0 Å². The Morgan fingerprint density at radius 1 is 1.44 bits per heavy atom. The zero-order chi connectivity index (χ0) is 13.0. The highest BCUT2D eigenvalue weighted by atomic mass is 16.2. The largest absolute Gasteiger partial charge is 0.342 e. The van der Waals surface area contributed by atoms with Gasteiger partial charge in [-0.1, -0.05) is 19.8 Å². The van der Waals surface area contributed by atoms with Crippen LogP contribution in [0.3, 0.4) is 0 Å². The van der Waals surface area contributed by atoms with Gasteiger partial charge in [0.1, 0.15) is 12.7 Å². The van der Waals surface area contributed by atoms with Crippen molar-refractivity contribution in [2.75, 3.05) is 7.05 Å². The molecule has 2 rings (SSSR count). The van der Waals surface area contributed by atoms with Gasteiger partial charge in [0.15, 0.2) is 0 Å². The highest BCUT2D eigenvalue weighted by Gasteiger charge is 2.27. The smallest absolute Gasteiger partial charge is 0.224 e. The van der Waals surface area contributed by atoms with E-state index in [-0.39, 0.29) is 5.91 Å². The normalized spacial score (nSPS) is 23.9. The first kappa shape index (κ1) is 13.1. The highest BCUT2D eigenvalue weighted by Crippen LogP contribution is 2.27. The monoisotopic (exact) mass is 250 g/mol. The second-order valence-electron chi connectivity index (χ2n) is 5.24. The van der Waals surface area contributed by atoms with Crippen molar-refractivity contribution in [3.8, 4) is 0 Å². The van der Waals surface area contributed by atoms with E-state index in [0.29, 0.717) is 24.9 Å². The van der Waals surface area contributed by atoms with E-state index in [9.17, 15) is 4.79 Å². The summed E-state index contributed by atoms with van der Waals surface area (Å²) < 4.78 is 1.70. The SMILES string of the molecule is CC1CCCCC1N(C)C(=O)CCn1cncn1. The van der Waals surface area contributed by atoms with Crippen LogP contribution in [-0.2, 0) is 11.3 Å². The average Bonchev–Trinajstić information content (AvgIpc) is 2.89. The quantitative estimate of drug-likeness (QED) is 0.817. The molecule has 1 fully saturated rings. The van der Waals surface area contributed by atoms with Crippen LogP contribution in [0.15, 0.2) is 12.7 Å². The summed E-state index contributed by atoms with van der Waals surface area (Å²) in [6.07, 6.45) is 8.59. The molecule has 0 bridgehead atoms. The number of amides is 1. The Kier molecular flexibility index (Phi) is 4.33. The molecule has 1 saturated carbocycles. The van der Waals surface area contributed by atoms with Gasteiger partial charge < -0.3 is 4.90 Å². The number of aromatic nitrogens is 3. The van der Waals surface area contributed by atoms with E-state index in [0.717, 1.165) is 6.42 Å². The molecule has 0 spiro atoms. The number of nitrogens with zero attached hydrogens (tertiary/aromatic N) is 4. The minimum absolute atomic E-state index is 0.212. The molecule has 1 aromatic rings. The molecule has 0 radical (unpaired) electrons. The fourth-order valence-corrected chi connectivity index (χ4v) is 2.79. The van der Waals surface area contributed by atoms with Crippen molar-refractivity contribution in [2.24, 2.45) is 5.92 Å². The summed E-state index contributed by atoms with van der Waals surface area (Å²) in [6, 6.07) is 0.419. The summed E-state index contributed by atoms with van der Waals surface area (Å²) in [5.41, 5.74) is 0. The first-order valence-electron chi connectivity index (χ1n) is 6.76. The van der Waals surface area contributed by atoms with Gasteiger partial charge in [0.05, 0.1) is 6.54 Å². The van der Waals surface area contributed by atoms with Gasteiger partial charge in [0.25, 0.3) is 0 Å². The number of carbonyl (C=O) groups is 1. The molecule has 100 valence electrons. The highest BCUT2D eigenvalue weighted by molar-refractivity contribution is 5.76. The number of carbonyl (C=O) groups excluding carboxylic acids is 1. The van der Waals surface area contributed by atoms with Gasteiger partial charge in [-0.2, -0.15) is 5.10 Å². The lowest BCUT2D eigenvalue weighted by Crippen LogP contribution is -2.42. The van der Waals surface area contributed by atoms with E-state index < -0.39 is 0 Å². The van der Waals surface area contributed by atoms with Crippen LogP contribution >= 0.6 is 0 Å². The van der Waals surface area contributed by atoms with Crippen molar-refractivity contribution in [1.29, 1.82) is 0 Å². The lowest BCUT2D eigenvalue weighted by molar-refractivity contribution is -0.133. The van der Waals surface area contributed by atoms with Crippen LogP contribution in [0.1, 0.15) is 39.0 Å². The second-order valence-corrected chi connectivity index (χ2v) is 5.24. The van der Waals surface area contributed by atoms with Gasteiger partial charge in [-0.15, -0.1) is 0 Å². The number of hydrogen-bond acceptors (Lipinski definition) is 3. The van der Waals surface area contributed by atoms with E-state index in [1.807, 2.05) is 11.9 Å². The van der Waals surface area contributed by atoms with E-state index >= 15 is 0 Å². The summed E-state index contributed by atoms with van der Waals surface area (Å²) in [5.74, 6) is 0.836. The minimum atomic E-state index is 0.212. The number of aryl methyl sites for hydroxylation is 1. The second kappa shape index (κ2) is 5.98. The number of hydrogen-bond donors (Lipinski definition) is 0. The summed E-state index contributed by atoms with van der Waals surface area (Å²) in [5, 5.41) is 4.01. The predicted molar refractivity (Wildman–Crippen MR) is 68.8 cm³/mol. The van der Waals surface area contributed by atoms with Crippen LogP contribution in [0.2, 0.25) is 0 Å². The van der Waals surface area contributed by atoms with Gasteiger partial charge in [-0.05, 0) is 18.8 Å². The Balaban J connectivity index is 1.84. The van der Waals surface area contributed by atoms with E-state index in [4.69, 9.17) is 0 Å². The molecule has 1 aliphatic rings. The predicted octanol–water partition coefficient (Wildman–Crippen LogP) is 1.71. The first-order valence-corrected chi connectivity index (χ1v) is 6.76. The standard InChI is InChI=1S/C13H22N4O/c1-11-5-3-4-6-12(11)16(2)13(18)7-8-17-10-14-9-15-17/h9-12H,3-8H2,1-2H3. The van der Waals surface area contributed by atoms with Crippen LogP contribution in [0.4, 0.5) is 0 Å². The van der Waals surface area contributed by atoms with Crippen molar-refractivity contribution < 1.29 is 4.79 Å². The van der Waals surface area contributed by atoms with Gasteiger partial charge in [-0.3, -0.25) is 9.48 Å². The first-order chi connectivity index (χ1) is 8.68. The lowest BCUT2D eigenvalue weighted by atomic mass is 9.85. The minimum Gasteiger partial charge on any atom is -0.342 e. The fraction of sp³-hybridized carbons (Fsp3) is 0.769. The Morgan fingerprint density at radius 3 is 2.89 bits per heavy atom. The van der Waals surface area contributed by atoms with Crippen molar-refractivity contribution in [1.82, 2.24) is 19.7 Å². The molecule has 2 atom stereocenters. The van der Waals surface area contributed by atoms with Gasteiger partial charge >= 0.3 is 0 Å². The summed E-state index contributed by atoms with van der Waals surface area (Å²) in [6.45, 7) is 2.87. The molecule has 1 heterocycles. The average molecular weight is 250 g/mol. The molecule has 0 N–H and O–H groups in total. The Bertz CT molecular complexity index is 376. The molecule has 2 unspecified atom stereocenters. The third-order valence-corrected chi connectivity index (χ3v) is 3.98. The van der Waals surface area contributed by atoms with Crippen molar-refractivity contribution in [3.63, 3.8) is 0 Å². The molecule has 1 aliphatic carbocycles. The molecular weight excluding hydrogens is 228 g/mol. The summed E-state index contributed by atoms with van der Waals surface area (Å²) in [4.78, 5) is 18.0. The van der Waals surface area contributed by atoms with Crippen LogP contribution in [0, 0.1) is 5.92 Å². The number of rotatable bonds is 4. The van der Waals surface area contributed by atoms with Crippen LogP contribution in [0.25, 0.3) is 0 Å². The summed E-state index contributed by atoms with van der Waals surface area (Å²) >= 11 is 0. The van der Waals surface area contributed by atoms with E-state index in [1.54, 1.807) is 11.0 Å². The molecule has 5 heteroatoms. The van der Waals surface area contributed by atoms with Gasteiger partial charge in [-0.25, -0.2) is 4.98 Å². The lowest BCUT2D eigenvalue weighted by Gasteiger charge is -2.36. The molecule has 0 aliphatic heterocycles. The van der Waals surface area contributed by atoms with E-state index in [1.165, 1.54) is 25.6 Å². The third kappa shape index (κ3) is 3.09. The Labute approximate surface area is 108 Å². The van der Waals surface area contributed by atoms with Crippen molar-refractivity contribution in [3.05, 3.63) is 12.7 Å². The maximum atomic E-state index is 12.1. The molecule has 1 aromatic heterocycles. The molecular formula is C13H22N4O. The molecule has 18 heavy (non-hydrogen) atoms. The molecule has 0 saturated heterocycles. The van der Waals surface area contributed by atoms with Gasteiger partial charge in [0, 0.05) is 19.5 Å². The fourth-order valence-electron chi connectivity index (χ4n) is 2.79. The van der Waals surface area contributed by atoms with Crippen molar-refractivity contribution in [2.45, 2.75) is 51.6 Å². The molecule has 5 nitrogen and oxygen atoms in total. The maximum absolute atomic E-state index is 12.1. The topological polar surface area (TPSA) is 51.0 Å². The van der Waals surface area contributed by atoms with Crippen LogP contribution in [0.5, 0.6) is 0 Å². The van der Waals surface area contributed by atoms with Crippen molar-refractivity contribution >= 4 is 5.91 Å². The Morgan fingerprint density at radius 2 is 2.22 bits per heavy atom. The Hall–Kier alpha value is -1.39.